The summed E-state index contributed by atoms with van der Waals surface area (Å²) >= 11 is 1.48. The molecule has 0 radical (unpaired) electrons. The molecule has 2 heterocycles. The molecule has 4 nitrogen and oxygen atoms in total. The van der Waals surface area contributed by atoms with Crippen LogP contribution < -0.4 is 4.80 Å². The van der Waals surface area contributed by atoms with Crippen LogP contribution in [0, 0.1) is 6.92 Å². The lowest BCUT2D eigenvalue weighted by molar-refractivity contribution is 0.218. The second kappa shape index (κ2) is 7.30. The van der Waals surface area contributed by atoms with Crippen molar-refractivity contribution in [3.8, 4) is 16.8 Å². The molecule has 0 aliphatic carbocycles. The molecule has 0 N–H and O–H groups in total. The molecule has 0 saturated carbocycles. The first-order valence-electron chi connectivity index (χ1n) is 8.88. The minimum Gasteiger partial charge on any atom is -0.323 e. The van der Waals surface area contributed by atoms with E-state index >= 15 is 0 Å². The molecule has 0 bridgehead atoms. The van der Waals surface area contributed by atoms with Gasteiger partial charge >= 0.3 is 6.03 Å². The molecule has 26 heavy (non-hydrogen) atoms. The molecule has 2 aromatic carbocycles. The lowest BCUT2D eigenvalue weighted by Crippen LogP contribution is -2.27. The first-order chi connectivity index (χ1) is 12.7. The van der Waals surface area contributed by atoms with Gasteiger partial charge in [-0.3, -0.25) is 4.57 Å². The summed E-state index contributed by atoms with van der Waals surface area (Å²) in [7, 11) is 0. The van der Waals surface area contributed by atoms with Gasteiger partial charge in [-0.05, 0) is 43.0 Å². The second-order valence-electron chi connectivity index (χ2n) is 6.56. The first kappa shape index (κ1) is 16.8. The van der Waals surface area contributed by atoms with Crippen LogP contribution in [0.4, 0.5) is 4.79 Å². The van der Waals surface area contributed by atoms with Crippen LogP contribution in [-0.4, -0.2) is 28.6 Å². The summed E-state index contributed by atoms with van der Waals surface area (Å²) < 4.78 is 1.97. The first-order valence-corrected chi connectivity index (χ1v) is 9.76. The molecule has 1 saturated heterocycles. The lowest BCUT2D eigenvalue weighted by Gasteiger charge is -2.11. The van der Waals surface area contributed by atoms with E-state index in [0.717, 1.165) is 31.6 Å². The van der Waals surface area contributed by atoms with Gasteiger partial charge in [0.15, 0.2) is 4.80 Å². The molecule has 5 heteroatoms. The van der Waals surface area contributed by atoms with Crippen LogP contribution in [0.5, 0.6) is 0 Å². The van der Waals surface area contributed by atoms with E-state index in [0.29, 0.717) is 4.80 Å². The summed E-state index contributed by atoms with van der Waals surface area (Å²) in [6, 6.07) is 16.7. The number of thiazole rings is 1. The monoisotopic (exact) mass is 363 g/mol. The predicted octanol–water partition coefficient (Wildman–Crippen LogP) is 4.63. The Kier molecular flexibility index (Phi) is 4.71. The maximum absolute atomic E-state index is 12.3. The van der Waals surface area contributed by atoms with Gasteiger partial charge in [0.05, 0.1) is 0 Å². The number of aryl methyl sites for hydroxylation is 1. The van der Waals surface area contributed by atoms with E-state index in [2.05, 4.69) is 60.4 Å². The maximum atomic E-state index is 12.3. The van der Waals surface area contributed by atoms with Crippen molar-refractivity contribution in [2.45, 2.75) is 19.8 Å². The number of nitrogens with zero attached hydrogens (tertiary/aromatic N) is 3. The minimum absolute atomic E-state index is 0.130. The molecule has 1 aliphatic heterocycles. The van der Waals surface area contributed by atoms with E-state index in [1.807, 2.05) is 21.0 Å². The van der Waals surface area contributed by atoms with E-state index in [1.165, 1.54) is 28.0 Å². The Morgan fingerprint density at radius 3 is 2.54 bits per heavy atom. The normalized spacial score (nSPS) is 14.8. The number of benzene rings is 2. The fourth-order valence-corrected chi connectivity index (χ4v) is 3.96. The van der Waals surface area contributed by atoms with E-state index in [4.69, 9.17) is 0 Å². The smallest absolute Gasteiger partial charge is 0.323 e. The van der Waals surface area contributed by atoms with Gasteiger partial charge < -0.3 is 4.90 Å². The number of rotatable bonds is 2. The lowest BCUT2D eigenvalue weighted by atomic mass is 10.0. The van der Waals surface area contributed by atoms with Crippen molar-refractivity contribution in [3.05, 3.63) is 70.5 Å². The number of aromatic nitrogens is 1. The van der Waals surface area contributed by atoms with Crippen molar-refractivity contribution in [1.29, 1.82) is 0 Å². The van der Waals surface area contributed by atoms with Crippen LogP contribution in [0.3, 0.4) is 0 Å². The molecule has 2 amide bonds. The minimum atomic E-state index is -0.130. The van der Waals surface area contributed by atoms with Crippen molar-refractivity contribution in [3.63, 3.8) is 0 Å². The highest BCUT2D eigenvalue weighted by atomic mass is 32.1. The second-order valence-corrected chi connectivity index (χ2v) is 7.43. The Morgan fingerprint density at radius 1 is 1.04 bits per heavy atom. The van der Waals surface area contributed by atoms with E-state index in [1.54, 1.807) is 0 Å². The summed E-state index contributed by atoms with van der Waals surface area (Å²) in [4.78, 5) is 19.2. The number of carbonyl (C=O) groups excluding carboxylic acids is 1. The Hall–Kier alpha value is -2.66. The van der Waals surface area contributed by atoms with Crippen molar-refractivity contribution in [2.75, 3.05) is 13.1 Å². The van der Waals surface area contributed by atoms with E-state index in [9.17, 15) is 4.79 Å². The van der Waals surface area contributed by atoms with Gasteiger partial charge in [-0.1, -0.05) is 42.0 Å². The molecule has 4 rings (SSSR count). The van der Waals surface area contributed by atoms with Crippen LogP contribution in [-0.2, 0) is 0 Å². The molecule has 1 aliphatic rings. The van der Waals surface area contributed by atoms with Crippen molar-refractivity contribution in [2.24, 2.45) is 4.99 Å². The zero-order valence-corrected chi connectivity index (χ0v) is 15.6. The summed E-state index contributed by atoms with van der Waals surface area (Å²) in [5.74, 6) is 0. The van der Waals surface area contributed by atoms with Crippen LogP contribution in [0.15, 0.2) is 65.1 Å². The Balaban J connectivity index is 1.63. The summed E-state index contributed by atoms with van der Waals surface area (Å²) in [6.45, 7) is 3.74. The van der Waals surface area contributed by atoms with Crippen molar-refractivity contribution >= 4 is 17.4 Å². The highest BCUT2D eigenvalue weighted by Crippen LogP contribution is 2.21. The van der Waals surface area contributed by atoms with Crippen LogP contribution >= 0.6 is 11.3 Å². The number of likely N-dealkylation sites (tertiary alicyclic amines) is 1. The number of amides is 2. The van der Waals surface area contributed by atoms with Crippen molar-refractivity contribution in [1.82, 2.24) is 9.47 Å². The molecular weight excluding hydrogens is 342 g/mol. The molecule has 3 aromatic rings. The average Bonchev–Trinajstić information content (AvgIpc) is 3.34. The Labute approximate surface area is 157 Å². The van der Waals surface area contributed by atoms with Gasteiger partial charge in [0.25, 0.3) is 0 Å². The third kappa shape index (κ3) is 3.48. The van der Waals surface area contributed by atoms with Gasteiger partial charge in [-0.15, -0.1) is 11.3 Å². The standard InChI is InChI=1S/C21H21N3OS/c1-16-5-4-6-18(15-16)17-7-9-19(10-8-17)24-13-14-26-21(24)22-20(25)23-11-2-3-12-23/h4-10,13-15H,2-3,11-12H2,1H3/b22-21-. The fourth-order valence-electron chi connectivity index (χ4n) is 3.25. The zero-order chi connectivity index (χ0) is 17.9. The fraction of sp³-hybridized carbons (Fsp3) is 0.238. The predicted molar refractivity (Wildman–Crippen MR) is 106 cm³/mol. The molecule has 0 atom stereocenters. The van der Waals surface area contributed by atoms with Gasteiger partial charge in [0.1, 0.15) is 0 Å². The van der Waals surface area contributed by atoms with Gasteiger partial charge in [-0.25, -0.2) is 4.79 Å². The van der Waals surface area contributed by atoms with Crippen LogP contribution in [0.2, 0.25) is 0 Å². The molecule has 0 unspecified atom stereocenters. The quantitative estimate of drug-likeness (QED) is 0.654. The third-order valence-electron chi connectivity index (χ3n) is 4.65. The number of hydrogen-bond acceptors (Lipinski definition) is 2. The Bertz CT molecular complexity index is 979. The van der Waals surface area contributed by atoms with Gasteiger partial charge in [0.2, 0.25) is 0 Å². The van der Waals surface area contributed by atoms with Crippen LogP contribution in [0.1, 0.15) is 18.4 Å². The van der Waals surface area contributed by atoms with Gasteiger partial charge in [0, 0.05) is 30.4 Å². The summed E-state index contributed by atoms with van der Waals surface area (Å²) in [6.07, 6.45) is 4.11. The summed E-state index contributed by atoms with van der Waals surface area (Å²) in [5, 5.41) is 1.96. The number of hydrogen-bond donors (Lipinski definition) is 0. The van der Waals surface area contributed by atoms with E-state index < -0.39 is 0 Å². The Morgan fingerprint density at radius 2 is 1.81 bits per heavy atom. The molecular formula is C21H21N3OS. The van der Waals surface area contributed by atoms with Crippen molar-refractivity contribution < 1.29 is 4.79 Å². The summed E-state index contributed by atoms with van der Waals surface area (Å²) in [5.41, 5.74) is 4.65. The maximum Gasteiger partial charge on any atom is 0.346 e. The SMILES string of the molecule is Cc1cccc(-c2ccc(-n3ccs/c3=N\C(=O)N3CCCC3)cc2)c1. The molecule has 132 valence electrons. The largest absolute Gasteiger partial charge is 0.346 e. The highest BCUT2D eigenvalue weighted by Gasteiger charge is 2.17. The van der Waals surface area contributed by atoms with Crippen LogP contribution in [0.25, 0.3) is 16.8 Å². The average molecular weight is 363 g/mol. The molecule has 1 aromatic heterocycles. The molecule has 1 fully saturated rings. The molecule has 0 spiro atoms. The van der Waals surface area contributed by atoms with E-state index in [-0.39, 0.29) is 6.03 Å². The van der Waals surface area contributed by atoms with Gasteiger partial charge in [-0.2, -0.15) is 4.99 Å². The highest BCUT2D eigenvalue weighted by molar-refractivity contribution is 7.07. The number of carbonyl (C=O) groups is 1. The third-order valence-corrected chi connectivity index (χ3v) is 5.41. The topological polar surface area (TPSA) is 37.6 Å². The number of urea groups is 1. The zero-order valence-electron chi connectivity index (χ0n) is 14.8.